The van der Waals surface area contributed by atoms with Crippen molar-refractivity contribution in [3.05, 3.63) is 71.9 Å². The van der Waals surface area contributed by atoms with Crippen LogP contribution in [0.3, 0.4) is 0 Å². The van der Waals surface area contributed by atoms with Gasteiger partial charge in [-0.15, -0.1) is 0 Å². The number of carbonyl (C=O) groups is 12. The van der Waals surface area contributed by atoms with E-state index in [1.165, 1.54) is 0 Å². The quantitative estimate of drug-likeness (QED) is 0.0177. The highest BCUT2D eigenvalue weighted by Crippen LogP contribution is 2.20. The number of aliphatic imine (C=N–C) groups is 1. The summed E-state index contributed by atoms with van der Waals surface area (Å²) in [4.78, 5) is 168. The first-order chi connectivity index (χ1) is 42.5. The van der Waals surface area contributed by atoms with Gasteiger partial charge >= 0.3 is 17.9 Å². The molecule has 0 saturated heterocycles. The standard InChI is InChI=1S/C60H91N15O15/c1-32(2)27-44(55(85)71-43(59(89)90)20-14-26-65-60(63)64)72-57(87)49(33(3)4)74-46(76)31-67-52(82)41(21-23-47(77)78)69-54(84)42(22-24-48(79)80)70-53(83)40(19-12-13-25-61)68-56(86)45(28-35-15-8-7-9-16-35)73-58(88)50(34(5)6)75-51(81)38(62)29-36-30-66-39-18-11-10-17-37(36)39/h7-11,15-18,30,32-34,38,40-45,49-50,66H,12-14,19-29,31,61-62H2,1-6H3,(H,67,82)(H,68,86)(H,69,84)(H,70,83)(H,71,85)(H,72,87)(H,73,88)(H,74,76)(H,75,81)(H,77,78)(H,79,80)(H,89,90)(H4,63,64,65)/t38-,40-,41-,42-,43-,44-,45-,49-,50-/m0/s1. The molecule has 0 unspecified atom stereocenters. The molecule has 3 aromatic rings. The van der Waals surface area contributed by atoms with E-state index >= 15 is 0 Å². The molecule has 2 aromatic carbocycles. The van der Waals surface area contributed by atoms with Crippen LogP contribution in [0.2, 0.25) is 0 Å². The SMILES string of the molecule is CC(C)C[C@H](NC(=O)[C@@H](NC(=O)CNC(=O)[C@H](CCC(=O)O)NC(=O)[C@H](CCC(=O)O)NC(=O)[C@H](CCCCN)NC(=O)[C@H](Cc1ccccc1)NC(=O)[C@@H](NC(=O)[C@@H](N)Cc1c[nH]c2ccccc12)C(C)C)C(C)C)C(=O)N[C@@H](CCCN=C(N)N)C(=O)O. The number of aromatic nitrogens is 1. The monoisotopic (exact) mass is 1260 g/mol. The number of fused-ring (bicyclic) bond motifs is 1. The molecule has 9 atom stereocenters. The van der Waals surface area contributed by atoms with Gasteiger partial charge in [-0.3, -0.25) is 57.7 Å². The van der Waals surface area contributed by atoms with E-state index in [0.717, 1.165) is 16.5 Å². The molecule has 90 heavy (non-hydrogen) atoms. The Labute approximate surface area is 522 Å². The number of aliphatic carboxylic acids is 3. The van der Waals surface area contributed by atoms with E-state index in [-0.39, 0.29) is 69.9 Å². The zero-order valence-electron chi connectivity index (χ0n) is 51.8. The van der Waals surface area contributed by atoms with Gasteiger partial charge in [0.15, 0.2) is 5.96 Å². The van der Waals surface area contributed by atoms with Crippen LogP contribution in [-0.2, 0) is 70.4 Å². The number of carbonyl (C=O) groups excluding carboxylic acids is 9. The van der Waals surface area contributed by atoms with Gasteiger partial charge in [-0.2, -0.15) is 0 Å². The number of rotatable bonds is 41. The Morgan fingerprint density at radius 2 is 1.01 bits per heavy atom. The Morgan fingerprint density at radius 3 is 1.56 bits per heavy atom. The van der Waals surface area contributed by atoms with Crippen molar-refractivity contribution >= 4 is 87.9 Å². The molecule has 3 rings (SSSR count). The zero-order valence-corrected chi connectivity index (χ0v) is 51.8. The van der Waals surface area contributed by atoms with E-state index in [9.17, 15) is 72.9 Å². The highest BCUT2D eigenvalue weighted by Gasteiger charge is 2.36. The van der Waals surface area contributed by atoms with Gasteiger partial charge in [-0.05, 0) is 99.3 Å². The van der Waals surface area contributed by atoms with Crippen molar-refractivity contribution in [3.63, 3.8) is 0 Å². The summed E-state index contributed by atoms with van der Waals surface area (Å²) in [6.07, 6.45) is -0.0222. The van der Waals surface area contributed by atoms with E-state index in [1.54, 1.807) is 78.1 Å². The predicted octanol–water partition coefficient (Wildman–Crippen LogP) is -1.37. The highest BCUT2D eigenvalue weighted by atomic mass is 16.4. The Hall–Kier alpha value is -9.19. The van der Waals surface area contributed by atoms with Crippen molar-refractivity contribution in [1.82, 2.24) is 52.8 Å². The van der Waals surface area contributed by atoms with Crippen LogP contribution in [0, 0.1) is 17.8 Å². The Kier molecular flexibility index (Phi) is 31.9. The largest absolute Gasteiger partial charge is 0.481 e. The molecular formula is C60H91N15O15. The average molecular weight is 1260 g/mol. The fraction of sp³-hybridized carbons (Fsp3) is 0.550. The topological polar surface area (TPSA) is 506 Å². The normalized spacial score (nSPS) is 14.2. The smallest absolute Gasteiger partial charge is 0.326 e. The second kappa shape index (κ2) is 38.3. The minimum Gasteiger partial charge on any atom is -0.481 e. The number of hydrogen-bond acceptors (Lipinski definition) is 15. The molecule has 21 N–H and O–H groups in total. The number of nitrogens with two attached hydrogens (primary N) is 4. The van der Waals surface area contributed by atoms with Gasteiger partial charge in [0, 0.05) is 42.9 Å². The van der Waals surface area contributed by atoms with E-state index < -0.39 is 170 Å². The number of carboxylic acids is 3. The molecule has 0 aliphatic heterocycles. The second-order valence-electron chi connectivity index (χ2n) is 23.0. The van der Waals surface area contributed by atoms with Crippen molar-refractivity contribution in [2.45, 2.75) is 173 Å². The van der Waals surface area contributed by atoms with Crippen LogP contribution >= 0.6 is 0 Å². The Balaban J connectivity index is 1.82. The van der Waals surface area contributed by atoms with Gasteiger partial charge in [0.2, 0.25) is 53.2 Å². The molecule has 0 radical (unpaired) electrons. The van der Waals surface area contributed by atoms with Crippen LogP contribution in [0.1, 0.15) is 117 Å². The third kappa shape index (κ3) is 26.6. The van der Waals surface area contributed by atoms with Crippen molar-refractivity contribution in [1.29, 1.82) is 0 Å². The van der Waals surface area contributed by atoms with Crippen LogP contribution in [0.15, 0.2) is 65.8 Å². The molecule has 1 heterocycles. The van der Waals surface area contributed by atoms with Crippen molar-refractivity contribution in [2.24, 2.45) is 45.7 Å². The second-order valence-corrected chi connectivity index (χ2v) is 23.0. The summed E-state index contributed by atoms with van der Waals surface area (Å²) in [5.74, 6) is -13.7. The first-order valence-electron chi connectivity index (χ1n) is 30.0. The number of nitrogens with zero attached hydrogens (tertiary/aromatic N) is 1. The molecule has 0 fully saturated rings. The molecule has 0 saturated carbocycles. The van der Waals surface area contributed by atoms with Crippen LogP contribution < -0.4 is 70.8 Å². The summed E-state index contributed by atoms with van der Waals surface area (Å²) in [6.45, 7) is 9.49. The van der Waals surface area contributed by atoms with Gasteiger partial charge in [-0.25, -0.2) is 4.79 Å². The van der Waals surface area contributed by atoms with Gasteiger partial charge in [-0.1, -0.05) is 90.1 Å². The molecule has 1 aromatic heterocycles. The lowest BCUT2D eigenvalue weighted by Gasteiger charge is -2.28. The lowest BCUT2D eigenvalue weighted by molar-refractivity contribution is -0.142. The lowest BCUT2D eigenvalue weighted by Crippen LogP contribution is -2.60. The van der Waals surface area contributed by atoms with Crippen LogP contribution in [0.25, 0.3) is 10.9 Å². The number of H-pyrrole nitrogens is 1. The van der Waals surface area contributed by atoms with Crippen LogP contribution in [0.5, 0.6) is 0 Å². The fourth-order valence-corrected chi connectivity index (χ4v) is 9.45. The fourth-order valence-electron chi connectivity index (χ4n) is 9.45. The Bertz CT molecular complexity index is 2950. The molecule has 9 amide bonds. The number of carboxylic acid groups (broad SMARTS) is 3. The molecular weight excluding hydrogens is 1170 g/mol. The first kappa shape index (κ1) is 75.1. The van der Waals surface area contributed by atoms with Gasteiger partial charge in [0.1, 0.15) is 48.3 Å². The maximum atomic E-state index is 14.5. The summed E-state index contributed by atoms with van der Waals surface area (Å²) in [5.41, 5.74) is 25.1. The predicted molar refractivity (Wildman–Crippen MR) is 332 cm³/mol. The minimum atomic E-state index is -1.73. The average Bonchev–Trinajstić information content (AvgIpc) is 1.80. The first-order valence-corrected chi connectivity index (χ1v) is 30.0. The summed E-state index contributed by atoms with van der Waals surface area (Å²) in [5, 5.41) is 52.7. The maximum Gasteiger partial charge on any atom is 0.326 e. The maximum absolute atomic E-state index is 14.5. The number of hydrogen-bond donors (Lipinski definition) is 17. The third-order valence-electron chi connectivity index (χ3n) is 14.3. The third-order valence-corrected chi connectivity index (χ3v) is 14.3. The van der Waals surface area contributed by atoms with Gasteiger partial charge in [0.25, 0.3) is 0 Å². The minimum absolute atomic E-state index is 0.0460. The summed E-state index contributed by atoms with van der Waals surface area (Å²) in [6, 6.07) is 3.57. The summed E-state index contributed by atoms with van der Waals surface area (Å²) in [7, 11) is 0. The number of guanidine groups is 1. The zero-order chi connectivity index (χ0) is 67.2. The number of unbranched alkanes of at least 4 members (excludes halogenated alkanes) is 1. The molecule has 0 aliphatic carbocycles. The van der Waals surface area contributed by atoms with E-state index in [0.29, 0.717) is 12.0 Å². The van der Waals surface area contributed by atoms with Crippen LogP contribution in [0.4, 0.5) is 0 Å². The summed E-state index contributed by atoms with van der Waals surface area (Å²) < 4.78 is 0. The van der Waals surface area contributed by atoms with Crippen LogP contribution in [-0.4, -0.2) is 171 Å². The molecule has 30 nitrogen and oxygen atoms in total. The highest BCUT2D eigenvalue weighted by molar-refractivity contribution is 5.98. The number of amides is 9. The molecule has 30 heteroatoms. The lowest BCUT2D eigenvalue weighted by atomic mass is 9.99. The Morgan fingerprint density at radius 1 is 0.522 bits per heavy atom. The van der Waals surface area contributed by atoms with E-state index in [1.807, 2.05) is 24.3 Å². The molecule has 496 valence electrons. The molecule has 0 aliphatic rings. The van der Waals surface area contributed by atoms with Gasteiger partial charge < -0.3 is 91.1 Å². The van der Waals surface area contributed by atoms with Crippen molar-refractivity contribution in [3.8, 4) is 0 Å². The van der Waals surface area contributed by atoms with E-state index in [4.69, 9.17) is 22.9 Å². The van der Waals surface area contributed by atoms with Gasteiger partial charge in [0.05, 0.1) is 12.6 Å². The van der Waals surface area contributed by atoms with Crippen molar-refractivity contribution < 1.29 is 72.9 Å². The van der Waals surface area contributed by atoms with E-state index in [2.05, 4.69) is 57.8 Å². The van der Waals surface area contributed by atoms with Crippen molar-refractivity contribution in [2.75, 3.05) is 19.6 Å². The number of nitrogens with one attached hydrogen (secondary N) is 10. The number of aromatic amines is 1. The number of benzene rings is 2. The number of para-hydroxylation sites is 1. The molecule has 0 spiro atoms. The molecule has 0 bridgehead atoms. The summed E-state index contributed by atoms with van der Waals surface area (Å²) >= 11 is 0.